The van der Waals surface area contributed by atoms with Gasteiger partial charge in [-0.25, -0.2) is 9.97 Å². The summed E-state index contributed by atoms with van der Waals surface area (Å²) in [7, 11) is 0. The van der Waals surface area contributed by atoms with Gasteiger partial charge in [0.1, 0.15) is 16.6 Å². The Balaban J connectivity index is 2.06. The van der Waals surface area contributed by atoms with Gasteiger partial charge in [0.25, 0.3) is 0 Å². The zero-order chi connectivity index (χ0) is 12.5. The fraction of sp³-hybridized carbons (Fsp3) is 0.571. The fourth-order valence-electron chi connectivity index (χ4n) is 2.87. The molecule has 2 aromatic heterocycles. The van der Waals surface area contributed by atoms with E-state index in [2.05, 4.69) is 16.9 Å². The molecule has 0 aliphatic heterocycles. The minimum absolute atomic E-state index is 0.538. The number of aryl methyl sites for hydroxylation is 1. The van der Waals surface area contributed by atoms with Gasteiger partial charge in [0.2, 0.25) is 0 Å². The van der Waals surface area contributed by atoms with Crippen LogP contribution in [0, 0.1) is 0 Å². The highest BCUT2D eigenvalue weighted by molar-refractivity contribution is 6.30. The Morgan fingerprint density at radius 3 is 2.78 bits per heavy atom. The van der Waals surface area contributed by atoms with Gasteiger partial charge < -0.3 is 4.98 Å². The van der Waals surface area contributed by atoms with Crippen LogP contribution in [0.5, 0.6) is 0 Å². The lowest BCUT2D eigenvalue weighted by Gasteiger charge is -2.20. The highest BCUT2D eigenvalue weighted by Crippen LogP contribution is 2.32. The van der Waals surface area contributed by atoms with Gasteiger partial charge in [-0.05, 0) is 25.3 Å². The van der Waals surface area contributed by atoms with Crippen LogP contribution in [0.1, 0.15) is 56.5 Å². The van der Waals surface area contributed by atoms with Crippen molar-refractivity contribution in [1.82, 2.24) is 15.0 Å². The number of nitrogens with one attached hydrogen (secondary N) is 1. The predicted octanol–water partition coefficient (Wildman–Crippen LogP) is 4.22. The van der Waals surface area contributed by atoms with Crippen molar-refractivity contribution in [1.29, 1.82) is 0 Å². The van der Waals surface area contributed by atoms with Gasteiger partial charge in [0.15, 0.2) is 0 Å². The molecule has 4 heteroatoms. The third kappa shape index (κ3) is 2.12. The molecule has 0 saturated heterocycles. The summed E-state index contributed by atoms with van der Waals surface area (Å²) in [6, 6.07) is 1.93. The second-order valence-electron chi connectivity index (χ2n) is 5.10. The molecule has 1 N–H and O–H groups in total. The Hall–Kier alpha value is -1.09. The largest absolute Gasteiger partial charge is 0.330 e. The van der Waals surface area contributed by atoms with Crippen LogP contribution >= 0.6 is 11.6 Å². The van der Waals surface area contributed by atoms with Crippen molar-refractivity contribution in [2.45, 2.75) is 51.4 Å². The van der Waals surface area contributed by atoms with E-state index in [-0.39, 0.29) is 0 Å². The molecule has 96 valence electrons. The normalized spacial score (nSPS) is 17.4. The molecule has 3 nitrogen and oxygen atoms in total. The molecule has 0 radical (unpaired) electrons. The van der Waals surface area contributed by atoms with Crippen LogP contribution in [-0.2, 0) is 6.42 Å². The summed E-state index contributed by atoms with van der Waals surface area (Å²) in [5, 5.41) is 1.72. The molecule has 0 bridgehead atoms. The molecule has 1 aliphatic carbocycles. The Labute approximate surface area is 112 Å². The van der Waals surface area contributed by atoms with E-state index in [9.17, 15) is 0 Å². The van der Waals surface area contributed by atoms with Crippen LogP contribution in [-0.4, -0.2) is 15.0 Å². The van der Waals surface area contributed by atoms with E-state index in [0.29, 0.717) is 11.1 Å². The van der Waals surface area contributed by atoms with Gasteiger partial charge in [-0.2, -0.15) is 0 Å². The highest BCUT2D eigenvalue weighted by Gasteiger charge is 2.20. The quantitative estimate of drug-likeness (QED) is 0.881. The van der Waals surface area contributed by atoms with E-state index < -0.39 is 0 Å². The molecule has 0 unspecified atom stereocenters. The smallest absolute Gasteiger partial charge is 0.142 e. The van der Waals surface area contributed by atoms with Crippen molar-refractivity contribution in [3.63, 3.8) is 0 Å². The molecule has 2 heterocycles. The van der Waals surface area contributed by atoms with Crippen LogP contribution < -0.4 is 0 Å². The van der Waals surface area contributed by atoms with E-state index in [1.807, 2.05) is 6.07 Å². The summed E-state index contributed by atoms with van der Waals surface area (Å²) < 4.78 is 0. The zero-order valence-corrected chi connectivity index (χ0v) is 11.4. The summed E-state index contributed by atoms with van der Waals surface area (Å²) >= 11 is 6.03. The van der Waals surface area contributed by atoms with Crippen LogP contribution in [0.25, 0.3) is 11.0 Å². The van der Waals surface area contributed by atoms with Gasteiger partial charge in [-0.1, -0.05) is 37.8 Å². The van der Waals surface area contributed by atoms with Crippen molar-refractivity contribution < 1.29 is 0 Å². The summed E-state index contributed by atoms with van der Waals surface area (Å²) in [6.45, 7) is 2.13. The average molecular weight is 264 g/mol. The number of aromatic amines is 1. The molecule has 18 heavy (non-hydrogen) atoms. The Morgan fingerprint density at radius 1 is 1.28 bits per heavy atom. The summed E-state index contributed by atoms with van der Waals surface area (Å²) in [6.07, 6.45) is 7.34. The van der Waals surface area contributed by atoms with E-state index in [1.54, 1.807) is 0 Å². The minimum Gasteiger partial charge on any atom is -0.330 e. The lowest BCUT2D eigenvalue weighted by atomic mass is 9.88. The number of halogens is 1. The highest BCUT2D eigenvalue weighted by atomic mass is 35.5. The minimum atomic E-state index is 0.538. The fourth-order valence-corrected chi connectivity index (χ4v) is 3.07. The van der Waals surface area contributed by atoms with Gasteiger partial charge in [-0.15, -0.1) is 0 Å². The number of hydrogen-bond donors (Lipinski definition) is 1. The second kappa shape index (κ2) is 4.88. The Kier molecular flexibility index (Phi) is 3.25. The first kappa shape index (κ1) is 12.0. The topological polar surface area (TPSA) is 41.6 Å². The number of aromatic nitrogens is 3. The van der Waals surface area contributed by atoms with Crippen molar-refractivity contribution in [2.75, 3.05) is 0 Å². The van der Waals surface area contributed by atoms with Gasteiger partial charge in [-0.3, -0.25) is 0 Å². The molecule has 2 aromatic rings. The number of hydrogen-bond acceptors (Lipinski definition) is 2. The molecular weight excluding hydrogens is 246 g/mol. The third-order valence-corrected chi connectivity index (χ3v) is 4.06. The van der Waals surface area contributed by atoms with Gasteiger partial charge in [0, 0.05) is 11.3 Å². The summed E-state index contributed by atoms with van der Waals surface area (Å²) in [5.74, 6) is 1.55. The number of fused-ring (bicyclic) bond motifs is 1. The maximum atomic E-state index is 6.03. The van der Waals surface area contributed by atoms with E-state index >= 15 is 0 Å². The summed E-state index contributed by atoms with van der Waals surface area (Å²) in [4.78, 5) is 12.6. The lowest BCUT2D eigenvalue weighted by Crippen LogP contribution is -2.10. The van der Waals surface area contributed by atoms with Crippen molar-refractivity contribution in [3.05, 3.63) is 22.7 Å². The average Bonchev–Trinajstić information content (AvgIpc) is 2.78. The first-order valence-electron chi connectivity index (χ1n) is 6.83. The van der Waals surface area contributed by atoms with Gasteiger partial charge in [0.05, 0.1) is 5.69 Å². The van der Waals surface area contributed by atoms with Crippen LogP contribution in [0.15, 0.2) is 6.07 Å². The molecule has 1 saturated carbocycles. The predicted molar refractivity (Wildman–Crippen MR) is 74.1 cm³/mol. The molecule has 0 amide bonds. The van der Waals surface area contributed by atoms with E-state index in [0.717, 1.165) is 29.0 Å². The van der Waals surface area contributed by atoms with Gasteiger partial charge >= 0.3 is 0 Å². The lowest BCUT2D eigenvalue weighted by molar-refractivity contribution is 0.428. The molecule has 1 aliphatic rings. The molecule has 0 spiro atoms. The van der Waals surface area contributed by atoms with E-state index in [4.69, 9.17) is 16.6 Å². The van der Waals surface area contributed by atoms with Crippen LogP contribution in [0.3, 0.4) is 0 Å². The second-order valence-corrected chi connectivity index (χ2v) is 5.50. The monoisotopic (exact) mass is 263 g/mol. The molecule has 3 rings (SSSR count). The molecule has 1 fully saturated rings. The molecular formula is C14H18ClN3. The Morgan fingerprint density at radius 2 is 2.06 bits per heavy atom. The number of H-pyrrole nitrogens is 1. The SMILES string of the molecule is CCc1nc(C2CCCCC2)nc2[nH]c(Cl)cc12. The Bertz CT molecular complexity index is 555. The maximum Gasteiger partial charge on any atom is 0.142 e. The van der Waals surface area contributed by atoms with Crippen LogP contribution in [0.2, 0.25) is 5.15 Å². The maximum absolute atomic E-state index is 6.03. The third-order valence-electron chi connectivity index (χ3n) is 3.86. The molecule has 0 atom stereocenters. The van der Waals surface area contributed by atoms with Crippen LogP contribution in [0.4, 0.5) is 0 Å². The van der Waals surface area contributed by atoms with Crippen molar-refractivity contribution in [2.24, 2.45) is 0 Å². The van der Waals surface area contributed by atoms with E-state index in [1.165, 1.54) is 32.1 Å². The zero-order valence-electron chi connectivity index (χ0n) is 10.7. The number of nitrogens with zero attached hydrogens (tertiary/aromatic N) is 2. The van der Waals surface area contributed by atoms with Crippen molar-refractivity contribution >= 4 is 22.6 Å². The first-order valence-corrected chi connectivity index (χ1v) is 7.20. The summed E-state index contributed by atoms with van der Waals surface area (Å²) in [5.41, 5.74) is 2.01. The van der Waals surface area contributed by atoms with Crippen molar-refractivity contribution in [3.8, 4) is 0 Å². The molecule has 0 aromatic carbocycles. The first-order chi connectivity index (χ1) is 8.78. The standard InChI is InChI=1S/C14H18ClN3/c1-2-11-10-8-12(15)17-14(10)18-13(16-11)9-6-4-3-5-7-9/h8-9H,2-7H2,1H3,(H,16,17,18). The number of rotatable bonds is 2.